The molecule has 5 nitrogen and oxygen atoms in total. The summed E-state index contributed by atoms with van der Waals surface area (Å²) in [6, 6.07) is 9.14. The summed E-state index contributed by atoms with van der Waals surface area (Å²) in [7, 11) is 0. The number of aliphatic hydroxyl groups excluding tert-OH is 1. The average molecular weight is 406 g/mol. The first-order valence-electron chi connectivity index (χ1n) is 10.5. The Hall–Kier alpha value is -1.92. The highest BCUT2D eigenvalue weighted by molar-refractivity contribution is 5.66. The van der Waals surface area contributed by atoms with Gasteiger partial charge in [0.15, 0.2) is 6.17 Å². The summed E-state index contributed by atoms with van der Waals surface area (Å²) >= 11 is 0. The molecule has 2 fully saturated rings. The number of halogens is 1. The van der Waals surface area contributed by atoms with Gasteiger partial charge >= 0.3 is 5.97 Å². The van der Waals surface area contributed by atoms with Gasteiger partial charge in [0.1, 0.15) is 12.4 Å². The predicted octanol–water partition coefficient (Wildman–Crippen LogP) is 4.01. The molecule has 1 aliphatic heterocycles. The number of aliphatic hydroxyl groups is 1. The van der Waals surface area contributed by atoms with Gasteiger partial charge in [0, 0.05) is 25.4 Å². The van der Waals surface area contributed by atoms with Gasteiger partial charge in [-0.15, -0.1) is 0 Å². The molecule has 2 aliphatic rings. The zero-order chi connectivity index (χ0) is 20.6. The number of ether oxygens (including phenoxy) is 2. The fraction of sp³-hybridized carbons (Fsp3) is 0.609. The maximum absolute atomic E-state index is 14.3. The minimum atomic E-state index is -1.24. The van der Waals surface area contributed by atoms with Crippen molar-refractivity contribution in [2.24, 2.45) is 17.8 Å². The van der Waals surface area contributed by atoms with Crippen LogP contribution in [0.25, 0.3) is 0 Å². The van der Waals surface area contributed by atoms with Crippen LogP contribution in [0.5, 0.6) is 5.75 Å². The molecule has 0 radical (unpaired) electrons. The number of carboxylic acids is 1. The van der Waals surface area contributed by atoms with E-state index in [1.54, 1.807) is 18.2 Å². The van der Waals surface area contributed by atoms with Gasteiger partial charge in [0.25, 0.3) is 0 Å². The normalized spacial score (nSPS) is 30.6. The van der Waals surface area contributed by atoms with E-state index in [0.29, 0.717) is 31.1 Å². The Labute approximate surface area is 171 Å². The minimum Gasteiger partial charge on any atom is -0.490 e. The van der Waals surface area contributed by atoms with Crippen molar-refractivity contribution in [2.45, 2.75) is 56.9 Å². The number of carboxylic acid groups (broad SMARTS) is 1. The maximum Gasteiger partial charge on any atom is 0.303 e. The van der Waals surface area contributed by atoms with E-state index >= 15 is 0 Å². The van der Waals surface area contributed by atoms with Crippen LogP contribution in [-0.2, 0) is 9.53 Å². The van der Waals surface area contributed by atoms with Gasteiger partial charge in [0.05, 0.1) is 12.2 Å². The quantitative estimate of drug-likeness (QED) is 0.606. The highest BCUT2D eigenvalue weighted by atomic mass is 19.1. The van der Waals surface area contributed by atoms with Gasteiger partial charge in [0.2, 0.25) is 0 Å². The lowest BCUT2D eigenvalue weighted by Gasteiger charge is -2.21. The van der Waals surface area contributed by atoms with E-state index in [1.807, 2.05) is 18.2 Å². The first kappa shape index (κ1) is 21.8. The number of carbonyl (C=O) groups is 1. The summed E-state index contributed by atoms with van der Waals surface area (Å²) in [4.78, 5) is 10.7. The van der Waals surface area contributed by atoms with Gasteiger partial charge < -0.3 is 19.7 Å². The average Bonchev–Trinajstić information content (AvgIpc) is 2.87. The molecule has 3 rings (SSSR count). The van der Waals surface area contributed by atoms with Crippen LogP contribution in [0.15, 0.2) is 42.5 Å². The molecule has 1 aliphatic carbocycles. The van der Waals surface area contributed by atoms with E-state index in [4.69, 9.17) is 14.6 Å². The van der Waals surface area contributed by atoms with Gasteiger partial charge in [-0.2, -0.15) is 0 Å². The third kappa shape index (κ3) is 6.54. The largest absolute Gasteiger partial charge is 0.490 e. The molecule has 1 aromatic carbocycles. The van der Waals surface area contributed by atoms with Crippen LogP contribution in [0.1, 0.15) is 38.5 Å². The van der Waals surface area contributed by atoms with Crippen molar-refractivity contribution in [1.29, 1.82) is 0 Å². The zero-order valence-electron chi connectivity index (χ0n) is 16.7. The van der Waals surface area contributed by atoms with Crippen LogP contribution in [0, 0.1) is 17.8 Å². The molecule has 1 heterocycles. The molecule has 0 unspecified atom stereocenters. The van der Waals surface area contributed by atoms with Crippen LogP contribution < -0.4 is 4.74 Å². The van der Waals surface area contributed by atoms with Crippen molar-refractivity contribution in [3.63, 3.8) is 0 Å². The van der Waals surface area contributed by atoms with E-state index in [-0.39, 0.29) is 31.0 Å². The summed E-state index contributed by atoms with van der Waals surface area (Å²) < 4.78 is 25.8. The Morgan fingerprint density at radius 3 is 2.86 bits per heavy atom. The molecular weight excluding hydrogens is 375 g/mol. The van der Waals surface area contributed by atoms with Crippen LogP contribution >= 0.6 is 0 Å². The van der Waals surface area contributed by atoms with Crippen molar-refractivity contribution in [3.05, 3.63) is 42.5 Å². The van der Waals surface area contributed by atoms with Crippen LogP contribution in [-0.4, -0.2) is 47.8 Å². The number of hydrogen-bond acceptors (Lipinski definition) is 4. The van der Waals surface area contributed by atoms with Crippen LogP contribution in [0.2, 0.25) is 0 Å². The van der Waals surface area contributed by atoms with Crippen molar-refractivity contribution in [1.82, 2.24) is 0 Å². The van der Waals surface area contributed by atoms with Gasteiger partial charge in [-0.05, 0) is 49.7 Å². The second kappa shape index (κ2) is 10.7. The lowest BCUT2D eigenvalue weighted by Crippen LogP contribution is -2.21. The number of rotatable bonds is 9. The first-order valence-corrected chi connectivity index (χ1v) is 10.5. The fourth-order valence-corrected chi connectivity index (χ4v) is 4.48. The Morgan fingerprint density at radius 1 is 1.31 bits per heavy atom. The molecule has 29 heavy (non-hydrogen) atoms. The Bertz CT molecular complexity index is 664. The fourth-order valence-electron chi connectivity index (χ4n) is 4.48. The Balaban J connectivity index is 1.49. The van der Waals surface area contributed by atoms with Gasteiger partial charge in [-0.25, -0.2) is 4.39 Å². The summed E-state index contributed by atoms with van der Waals surface area (Å²) in [5.74, 6) is 0.285. The van der Waals surface area contributed by atoms with Crippen molar-refractivity contribution >= 4 is 5.97 Å². The number of hydrogen-bond donors (Lipinski definition) is 2. The molecule has 6 heteroatoms. The molecule has 1 saturated heterocycles. The van der Waals surface area contributed by atoms with Crippen molar-refractivity contribution in [2.75, 3.05) is 13.2 Å². The molecule has 0 spiro atoms. The van der Waals surface area contributed by atoms with Crippen LogP contribution in [0.4, 0.5) is 4.39 Å². The van der Waals surface area contributed by atoms with Crippen molar-refractivity contribution in [3.8, 4) is 5.75 Å². The number of fused-ring (bicyclic) bond motifs is 1. The van der Waals surface area contributed by atoms with E-state index in [0.717, 1.165) is 19.3 Å². The highest BCUT2D eigenvalue weighted by Gasteiger charge is 2.43. The summed E-state index contributed by atoms with van der Waals surface area (Å²) in [5.41, 5.74) is 0. The van der Waals surface area contributed by atoms with Crippen LogP contribution in [0.3, 0.4) is 0 Å². The monoisotopic (exact) mass is 406 g/mol. The molecule has 0 bridgehead atoms. The number of benzene rings is 1. The highest BCUT2D eigenvalue weighted by Crippen LogP contribution is 2.42. The molecule has 1 aromatic rings. The molecule has 0 amide bonds. The third-order valence-corrected chi connectivity index (χ3v) is 6.04. The number of para-hydroxylation sites is 1. The van der Waals surface area contributed by atoms with Crippen molar-refractivity contribution < 1.29 is 28.9 Å². The summed E-state index contributed by atoms with van der Waals surface area (Å²) in [6.07, 6.45) is 5.65. The molecule has 1 saturated carbocycles. The maximum atomic E-state index is 14.3. The zero-order valence-corrected chi connectivity index (χ0v) is 16.7. The smallest absolute Gasteiger partial charge is 0.303 e. The number of alkyl halides is 1. The van der Waals surface area contributed by atoms with Gasteiger partial charge in [-0.1, -0.05) is 30.4 Å². The third-order valence-electron chi connectivity index (χ3n) is 6.04. The topological polar surface area (TPSA) is 76.0 Å². The minimum absolute atomic E-state index is 0.0113. The lowest BCUT2D eigenvalue weighted by molar-refractivity contribution is -0.137. The van der Waals surface area contributed by atoms with Gasteiger partial charge in [-0.3, -0.25) is 4.79 Å². The SMILES string of the molecule is O=C(O)CCC[C@H]1CC[C@@H]2[C@@H](/C=C/[C@@H](F)COc3ccccc3)[C@H](O)C[C@@H]2OC1. The second-order valence-electron chi connectivity index (χ2n) is 8.17. The molecule has 0 aromatic heterocycles. The Kier molecular flexibility index (Phi) is 8.07. The second-order valence-corrected chi connectivity index (χ2v) is 8.17. The first-order chi connectivity index (χ1) is 14.0. The Morgan fingerprint density at radius 2 is 2.10 bits per heavy atom. The van der Waals surface area contributed by atoms with E-state index in [2.05, 4.69) is 0 Å². The molecule has 2 N–H and O–H groups in total. The standard InChI is InChI=1S/C23H31FO5/c24-17(15-28-18-6-2-1-3-7-18)10-12-19-20-11-9-16(5-4-8-23(26)27)14-29-22(20)13-21(19)25/h1-3,6-7,10,12,16-17,19-22,25H,4-5,8-9,11,13-15H2,(H,26,27)/b12-10+/t16-,17+,19+,20+,21+,22-/m0/s1. The summed E-state index contributed by atoms with van der Waals surface area (Å²) in [5, 5.41) is 19.2. The molecule has 160 valence electrons. The van der Waals surface area contributed by atoms with E-state index in [9.17, 15) is 14.3 Å². The molecular formula is C23H31FO5. The predicted molar refractivity (Wildman–Crippen MR) is 108 cm³/mol. The summed E-state index contributed by atoms with van der Waals surface area (Å²) in [6.45, 7) is 0.556. The van der Waals surface area contributed by atoms with E-state index in [1.165, 1.54) is 6.08 Å². The van der Waals surface area contributed by atoms with E-state index < -0.39 is 18.2 Å². The lowest BCUT2D eigenvalue weighted by atomic mass is 9.86. The molecule has 6 atom stereocenters. The number of aliphatic carboxylic acids is 1.